The highest BCUT2D eigenvalue weighted by molar-refractivity contribution is 4.40. The summed E-state index contributed by atoms with van der Waals surface area (Å²) in [5.41, 5.74) is 0. The molecule has 0 aromatic rings. The summed E-state index contributed by atoms with van der Waals surface area (Å²) in [4.78, 5) is 0. The molecule has 0 rings (SSSR count). The van der Waals surface area contributed by atoms with E-state index >= 15 is 0 Å². The molecule has 4 heteroatoms. The van der Waals surface area contributed by atoms with Gasteiger partial charge in [-0.2, -0.15) is 0 Å². The van der Waals surface area contributed by atoms with Crippen LogP contribution in [0.1, 0.15) is 67.2 Å². The molecule has 0 bridgehead atoms. The van der Waals surface area contributed by atoms with Crippen LogP contribution < -0.4 is 24.8 Å². The van der Waals surface area contributed by atoms with Crippen LogP contribution in [0.25, 0.3) is 0 Å². The Morgan fingerprint density at radius 2 is 0.864 bits per heavy atom. The minimum Gasteiger partial charge on any atom is -1.00 e. The lowest BCUT2D eigenvalue weighted by atomic mass is 10.1. The molecule has 2 nitrogen and oxygen atoms in total. The molecule has 144 valence electrons. The molecular weight excluding hydrogens is 315 g/mol. The van der Waals surface area contributed by atoms with Crippen molar-refractivity contribution in [2.75, 3.05) is 55.4 Å². The van der Waals surface area contributed by atoms with E-state index in [0.717, 1.165) is 8.97 Å². The van der Waals surface area contributed by atoms with E-state index in [0.29, 0.717) is 0 Å². The first-order valence-electron chi connectivity index (χ1n) is 7.73. The zero-order valence-corrected chi connectivity index (χ0v) is 16.8. The van der Waals surface area contributed by atoms with Crippen LogP contribution in [0.2, 0.25) is 0 Å². The van der Waals surface area contributed by atoms with Crippen LogP contribution in [0.3, 0.4) is 0 Å². The van der Waals surface area contributed by atoms with Gasteiger partial charge in [0, 0.05) is 0 Å². The third kappa shape index (κ3) is 49.9. The van der Waals surface area contributed by atoms with E-state index in [1.807, 2.05) is 0 Å². The van der Waals surface area contributed by atoms with Crippen molar-refractivity contribution >= 4 is 0 Å². The van der Waals surface area contributed by atoms with Gasteiger partial charge >= 0.3 is 0 Å². The predicted molar refractivity (Wildman–Crippen MR) is 98.3 cm³/mol. The summed E-state index contributed by atoms with van der Waals surface area (Å²) >= 11 is 0. The van der Waals surface area contributed by atoms with Crippen LogP contribution in [-0.4, -0.2) is 64.3 Å². The van der Waals surface area contributed by atoms with Gasteiger partial charge in [-0.3, -0.25) is 0 Å². The lowest BCUT2D eigenvalue weighted by molar-refractivity contribution is -0.870. The highest BCUT2D eigenvalue weighted by Gasteiger charge is 2.04. The second-order valence-electron chi connectivity index (χ2n) is 7.44. The van der Waals surface area contributed by atoms with Gasteiger partial charge in [0.2, 0.25) is 0 Å². The first-order valence-corrected chi connectivity index (χ1v) is 7.73. The standard InChI is InChI=1S/C10H24N.C6H16N.2CH4.2ClH/c1-5-6-7-8-9-10-11(2,3)4;1-5-6-7(2,3)4;;;;/h5-10H2,1-4H3;5-6H2,1-4H3;2*1H4;2*1H/q2*+1;;;;/p-2. The molecule has 0 saturated carbocycles. The van der Waals surface area contributed by atoms with E-state index in [-0.39, 0.29) is 39.7 Å². The number of hydrogen-bond acceptors (Lipinski definition) is 0. The Morgan fingerprint density at radius 3 is 1.09 bits per heavy atom. The Kier molecular flexibility index (Phi) is 37.3. The van der Waals surface area contributed by atoms with Crippen LogP contribution in [-0.2, 0) is 0 Å². The van der Waals surface area contributed by atoms with E-state index in [9.17, 15) is 0 Å². The molecule has 0 amide bonds. The van der Waals surface area contributed by atoms with Crippen LogP contribution in [0.5, 0.6) is 0 Å². The Labute approximate surface area is 156 Å². The summed E-state index contributed by atoms with van der Waals surface area (Å²) in [6.45, 7) is 7.08. The zero-order valence-electron chi connectivity index (χ0n) is 15.3. The first kappa shape index (κ1) is 38.2. The molecule has 0 fully saturated rings. The molecule has 0 aromatic heterocycles. The Balaban J connectivity index is -0.0000000524. The molecule has 0 spiro atoms. The van der Waals surface area contributed by atoms with Crippen LogP contribution in [0.4, 0.5) is 0 Å². The number of halogens is 2. The van der Waals surface area contributed by atoms with Crippen molar-refractivity contribution in [3.63, 3.8) is 0 Å². The van der Waals surface area contributed by atoms with Gasteiger partial charge in [0.05, 0.1) is 55.4 Å². The lowest BCUT2D eigenvalue weighted by Gasteiger charge is -2.23. The van der Waals surface area contributed by atoms with E-state index in [1.54, 1.807) is 0 Å². The van der Waals surface area contributed by atoms with Crippen molar-refractivity contribution in [1.82, 2.24) is 0 Å². The normalized spacial score (nSPS) is 9.82. The number of rotatable bonds is 8. The summed E-state index contributed by atoms with van der Waals surface area (Å²) < 4.78 is 2.21. The van der Waals surface area contributed by atoms with Gasteiger partial charge in [-0.25, -0.2) is 0 Å². The van der Waals surface area contributed by atoms with E-state index < -0.39 is 0 Å². The fourth-order valence-electron chi connectivity index (χ4n) is 1.86. The summed E-state index contributed by atoms with van der Waals surface area (Å²) in [6.07, 6.45) is 8.29. The van der Waals surface area contributed by atoms with Gasteiger partial charge in [0.15, 0.2) is 0 Å². The van der Waals surface area contributed by atoms with Gasteiger partial charge < -0.3 is 33.8 Å². The molecule has 0 N–H and O–H groups in total. The summed E-state index contributed by atoms with van der Waals surface area (Å²) in [5.74, 6) is 0. The molecule has 0 aliphatic heterocycles. The van der Waals surface area contributed by atoms with Gasteiger partial charge in [-0.05, 0) is 19.3 Å². The maximum atomic E-state index is 2.26. The number of nitrogens with zero attached hydrogens (tertiary/aromatic N) is 2. The third-order valence-corrected chi connectivity index (χ3v) is 2.83. The summed E-state index contributed by atoms with van der Waals surface area (Å²) in [5, 5.41) is 0. The number of hydrogen-bond donors (Lipinski definition) is 0. The lowest BCUT2D eigenvalue weighted by Crippen LogP contribution is -3.00. The molecule has 0 unspecified atom stereocenters. The molecule has 0 aliphatic rings. The van der Waals surface area contributed by atoms with Crippen molar-refractivity contribution in [3.8, 4) is 0 Å². The Hall–Kier alpha value is 0.500. The maximum absolute atomic E-state index is 2.26. The van der Waals surface area contributed by atoms with Crippen LogP contribution >= 0.6 is 0 Å². The van der Waals surface area contributed by atoms with Crippen molar-refractivity contribution in [1.29, 1.82) is 0 Å². The fourth-order valence-corrected chi connectivity index (χ4v) is 1.86. The topological polar surface area (TPSA) is 0 Å². The average Bonchev–Trinajstić information content (AvgIpc) is 2.14. The third-order valence-electron chi connectivity index (χ3n) is 2.83. The van der Waals surface area contributed by atoms with Gasteiger partial charge in [0.25, 0.3) is 0 Å². The highest BCUT2D eigenvalue weighted by Crippen LogP contribution is 2.04. The largest absolute Gasteiger partial charge is 1.00 e. The molecule has 0 aromatic carbocycles. The summed E-state index contributed by atoms with van der Waals surface area (Å²) in [6, 6.07) is 0. The average molecular weight is 364 g/mol. The zero-order chi connectivity index (χ0) is 14.7. The second kappa shape index (κ2) is 21.5. The Bertz CT molecular complexity index is 173. The van der Waals surface area contributed by atoms with Crippen molar-refractivity contribution in [2.45, 2.75) is 67.2 Å². The Morgan fingerprint density at radius 1 is 0.500 bits per heavy atom. The quantitative estimate of drug-likeness (QED) is 0.385. The van der Waals surface area contributed by atoms with Crippen molar-refractivity contribution < 1.29 is 33.8 Å². The molecule has 0 saturated heterocycles. The molecular formula is C18H48Cl2N2. The fraction of sp³-hybridized carbons (Fsp3) is 1.00. The molecule has 0 radical (unpaired) electrons. The van der Waals surface area contributed by atoms with Crippen molar-refractivity contribution in [3.05, 3.63) is 0 Å². The van der Waals surface area contributed by atoms with Crippen molar-refractivity contribution in [2.24, 2.45) is 0 Å². The number of unbranched alkanes of at least 4 members (excludes halogenated alkanes) is 4. The molecule has 22 heavy (non-hydrogen) atoms. The number of quaternary nitrogens is 2. The first-order chi connectivity index (χ1) is 8.12. The highest BCUT2D eigenvalue weighted by atomic mass is 35.5. The van der Waals surface area contributed by atoms with Crippen LogP contribution in [0, 0.1) is 0 Å². The second-order valence-corrected chi connectivity index (χ2v) is 7.44. The smallest absolute Gasteiger partial charge is 0.0780 e. The maximum Gasteiger partial charge on any atom is 0.0780 e. The minimum atomic E-state index is 0. The van der Waals surface area contributed by atoms with Gasteiger partial charge in [-0.15, -0.1) is 0 Å². The summed E-state index contributed by atoms with van der Waals surface area (Å²) in [7, 11) is 13.4. The molecule has 0 heterocycles. The minimum absolute atomic E-state index is 0. The van der Waals surface area contributed by atoms with E-state index in [4.69, 9.17) is 0 Å². The monoisotopic (exact) mass is 362 g/mol. The van der Waals surface area contributed by atoms with Gasteiger partial charge in [0.1, 0.15) is 0 Å². The molecule has 0 atom stereocenters. The SMILES string of the molecule is C.C.CCCCCCC[N+](C)(C)C.CCC[N+](C)(C)C.[Cl-].[Cl-]. The van der Waals surface area contributed by atoms with Gasteiger partial charge in [-0.1, -0.05) is 48.0 Å². The van der Waals surface area contributed by atoms with Crippen LogP contribution in [0.15, 0.2) is 0 Å². The molecule has 0 aliphatic carbocycles. The predicted octanol–water partition coefficient (Wildman–Crippen LogP) is -0.954. The van der Waals surface area contributed by atoms with E-state index in [1.165, 1.54) is 51.6 Å². The van der Waals surface area contributed by atoms with E-state index in [2.05, 4.69) is 56.1 Å².